The molecule has 2 amide bonds. The van der Waals surface area contributed by atoms with Gasteiger partial charge in [0.2, 0.25) is 11.8 Å². The third-order valence-corrected chi connectivity index (χ3v) is 25.7. The fourth-order valence-corrected chi connectivity index (χ4v) is 19.8. The van der Waals surface area contributed by atoms with Gasteiger partial charge in [-0.05, 0) is 195 Å². The lowest BCUT2D eigenvalue weighted by Gasteiger charge is -2.58. The van der Waals surface area contributed by atoms with Crippen LogP contribution in [0, 0.1) is 46.3 Å². The average molecular weight is 1330 g/mol. The van der Waals surface area contributed by atoms with E-state index in [4.69, 9.17) is 5.73 Å². The van der Waals surface area contributed by atoms with E-state index in [-0.39, 0.29) is 18.4 Å². The van der Waals surface area contributed by atoms with E-state index in [0.29, 0.717) is 28.4 Å². The normalized spacial score (nSPS) is 22.5. The van der Waals surface area contributed by atoms with Gasteiger partial charge < -0.3 is 37.6 Å². The van der Waals surface area contributed by atoms with Crippen molar-refractivity contribution in [3.63, 3.8) is 0 Å². The SMILES string of the molecule is CCCCCCCCCCCCCCCCCCNC(=O)C(CSSC1CC[C@@]2(C)C(=CC[C@H]3[C@@H]4CC[C@H]([C@H](C)CCCC(C)C)[C@@]4(C)CC[C@@H]32)C1)NC(=O)CNCCCNCCCCNCCCN.CCCCCCCCCCCCCCCCCCNCCC. The summed E-state index contributed by atoms with van der Waals surface area (Å²) >= 11 is 0. The summed E-state index contributed by atoms with van der Waals surface area (Å²) in [5.41, 5.74) is 8.19. The molecule has 542 valence electrons. The Bertz CT molecular complexity index is 1730. The van der Waals surface area contributed by atoms with E-state index in [2.05, 4.69) is 93.4 Å². The molecule has 0 aromatic rings. The zero-order valence-corrected chi connectivity index (χ0v) is 64.3. The molecule has 9 atom stereocenters. The fourth-order valence-electron chi connectivity index (χ4n) is 17.0. The van der Waals surface area contributed by atoms with Crippen LogP contribution in [-0.4, -0.2) is 94.3 Å². The molecule has 4 aliphatic carbocycles. The van der Waals surface area contributed by atoms with Crippen molar-refractivity contribution in [1.29, 1.82) is 0 Å². The monoisotopic (exact) mass is 1330 g/mol. The second kappa shape index (κ2) is 57.0. The minimum atomic E-state index is -0.521. The van der Waals surface area contributed by atoms with E-state index in [1.165, 1.54) is 289 Å². The Morgan fingerprint density at radius 3 is 1.51 bits per heavy atom. The Morgan fingerprint density at radius 2 is 0.989 bits per heavy atom. The average Bonchev–Trinajstić information content (AvgIpc) is 1.38. The number of carbonyl (C=O) groups excluding carboxylic acids is 2. The van der Waals surface area contributed by atoms with Crippen molar-refractivity contribution in [2.45, 2.75) is 375 Å². The van der Waals surface area contributed by atoms with Crippen LogP contribution in [-0.2, 0) is 9.59 Å². The molecule has 0 aliphatic heterocycles. The highest BCUT2D eigenvalue weighted by atomic mass is 33.1. The van der Waals surface area contributed by atoms with Crippen LogP contribution in [0.15, 0.2) is 11.6 Å². The molecule has 2 unspecified atom stereocenters. The summed E-state index contributed by atoms with van der Waals surface area (Å²) in [6.45, 7) is 28.4. The lowest BCUT2D eigenvalue weighted by Crippen LogP contribution is -2.51. The number of carbonyl (C=O) groups is 2. The number of allylic oxidation sites excluding steroid dienone is 2. The summed E-state index contributed by atoms with van der Waals surface area (Å²) in [4.78, 5) is 27.0. The number of nitrogens with two attached hydrogens (primary N) is 1. The molecule has 4 aliphatic rings. The Morgan fingerprint density at radius 1 is 0.511 bits per heavy atom. The number of nitrogens with one attached hydrogen (secondary N) is 6. The highest BCUT2D eigenvalue weighted by molar-refractivity contribution is 8.77. The zero-order chi connectivity index (χ0) is 66.4. The van der Waals surface area contributed by atoms with Gasteiger partial charge in [0.15, 0.2) is 0 Å². The minimum absolute atomic E-state index is 0.0261. The van der Waals surface area contributed by atoms with Crippen molar-refractivity contribution >= 4 is 33.4 Å². The molecule has 3 fully saturated rings. The van der Waals surface area contributed by atoms with Gasteiger partial charge in [-0.2, -0.15) is 0 Å². The molecule has 4 rings (SSSR count). The van der Waals surface area contributed by atoms with Gasteiger partial charge >= 0.3 is 0 Å². The molecule has 0 radical (unpaired) electrons. The second-order valence-electron chi connectivity index (χ2n) is 31.2. The highest BCUT2D eigenvalue weighted by Crippen LogP contribution is 2.68. The summed E-state index contributed by atoms with van der Waals surface area (Å²) in [5, 5.41) is 20.7. The van der Waals surface area contributed by atoms with Crippen LogP contribution >= 0.6 is 21.6 Å². The van der Waals surface area contributed by atoms with Crippen LogP contribution in [0.5, 0.6) is 0 Å². The predicted octanol–water partition coefficient (Wildman–Crippen LogP) is 21.2. The minimum Gasteiger partial charge on any atom is -0.354 e. The molecule has 8 N–H and O–H groups in total. The van der Waals surface area contributed by atoms with Gasteiger partial charge in [0.1, 0.15) is 6.04 Å². The van der Waals surface area contributed by atoms with Crippen molar-refractivity contribution in [3.8, 4) is 0 Å². The predicted molar refractivity (Wildman–Crippen MR) is 410 cm³/mol. The maximum absolute atomic E-state index is 13.7. The van der Waals surface area contributed by atoms with Crippen molar-refractivity contribution in [1.82, 2.24) is 31.9 Å². The molecule has 0 heterocycles. The Kier molecular flexibility index (Phi) is 52.9. The van der Waals surface area contributed by atoms with E-state index in [1.54, 1.807) is 5.57 Å². The first-order valence-electron chi connectivity index (χ1n) is 41.0. The van der Waals surface area contributed by atoms with E-state index < -0.39 is 6.04 Å². The number of hydrogen-bond donors (Lipinski definition) is 7. The van der Waals surface area contributed by atoms with Gasteiger partial charge in [-0.3, -0.25) is 9.59 Å². The molecular weight excluding hydrogens is 1170 g/mol. The van der Waals surface area contributed by atoms with Gasteiger partial charge in [0.25, 0.3) is 0 Å². The maximum Gasteiger partial charge on any atom is 0.243 e. The van der Waals surface area contributed by atoms with Crippen LogP contribution in [0.1, 0.15) is 364 Å². The summed E-state index contributed by atoms with van der Waals surface area (Å²) < 4.78 is 0. The lowest BCUT2D eigenvalue weighted by molar-refractivity contribution is -0.128. The smallest absolute Gasteiger partial charge is 0.243 e. The molecule has 0 saturated heterocycles. The molecule has 0 aromatic carbocycles. The quantitative estimate of drug-likeness (QED) is 0.0181. The standard InChI is InChI=1S/C60H114N6O2S2.C21H45N/c1-7-8-9-10-11-12-13-14-15-16-17-18-19-20-21-22-44-65-58(68)56(66-57(67)46-64-43-27-42-63-40-24-23-39-62-41-26-38-61)47-69-70-51-34-36-59(5)50(45-51)30-31-52-54-33-32-53(49(4)29-25-28-48(2)3)60(54,6)37-35-55(52)59;1-3-5-6-7-8-9-10-11-12-13-14-15-16-17-18-19-21-22-20-4-2/h30,48-49,51-56,62-64H,7-29,31-47,61H2,1-6H3,(H,65,68)(H,66,67);22H,3-21H2,1-2H3/t49-,51?,52+,53-,54+,55+,56?,59+,60-;/m1./s1. The van der Waals surface area contributed by atoms with Crippen LogP contribution in [0.4, 0.5) is 0 Å². The van der Waals surface area contributed by atoms with Crippen molar-refractivity contribution in [3.05, 3.63) is 11.6 Å². The second-order valence-corrected chi connectivity index (χ2v) is 33.9. The third-order valence-electron chi connectivity index (χ3n) is 22.8. The summed E-state index contributed by atoms with van der Waals surface area (Å²) in [7, 11) is 3.79. The van der Waals surface area contributed by atoms with Gasteiger partial charge in [-0.15, -0.1) is 0 Å². The largest absolute Gasteiger partial charge is 0.354 e. The zero-order valence-electron chi connectivity index (χ0n) is 62.6. The maximum atomic E-state index is 13.7. The third kappa shape index (κ3) is 38.5. The van der Waals surface area contributed by atoms with Crippen LogP contribution in [0.25, 0.3) is 0 Å². The molecule has 3 saturated carbocycles. The van der Waals surface area contributed by atoms with E-state index >= 15 is 0 Å². The Labute approximate surface area is 581 Å². The number of rotatable bonds is 61. The molecular formula is C81H159N7O2S2. The molecule has 0 bridgehead atoms. The van der Waals surface area contributed by atoms with Crippen LogP contribution < -0.4 is 37.6 Å². The first kappa shape index (κ1) is 85.4. The van der Waals surface area contributed by atoms with Crippen molar-refractivity contribution in [2.75, 3.05) is 71.2 Å². The topological polar surface area (TPSA) is 132 Å². The summed E-state index contributed by atoms with van der Waals surface area (Å²) in [5.74, 6) is 5.68. The van der Waals surface area contributed by atoms with Gasteiger partial charge in [-0.25, -0.2) is 0 Å². The Hall–Kier alpha value is -0.820. The van der Waals surface area contributed by atoms with Gasteiger partial charge in [-0.1, -0.05) is 301 Å². The fraction of sp³-hybridized carbons (Fsp3) is 0.951. The van der Waals surface area contributed by atoms with Gasteiger partial charge in [0, 0.05) is 17.5 Å². The van der Waals surface area contributed by atoms with E-state index in [1.807, 2.05) is 21.6 Å². The molecule has 11 heteroatoms. The van der Waals surface area contributed by atoms with Gasteiger partial charge in [0.05, 0.1) is 6.54 Å². The molecule has 9 nitrogen and oxygen atoms in total. The van der Waals surface area contributed by atoms with Crippen LogP contribution in [0.2, 0.25) is 0 Å². The lowest BCUT2D eigenvalue weighted by atomic mass is 9.47. The van der Waals surface area contributed by atoms with E-state index in [0.717, 1.165) is 107 Å². The van der Waals surface area contributed by atoms with Crippen LogP contribution in [0.3, 0.4) is 0 Å². The summed E-state index contributed by atoms with van der Waals surface area (Å²) in [6.07, 6.45) is 68.1. The molecule has 0 aromatic heterocycles. The number of fused-ring (bicyclic) bond motifs is 5. The Balaban J connectivity index is 0.000000850. The molecule has 0 spiro atoms. The number of unbranched alkanes of at least 4 members (excludes halogenated alkanes) is 31. The highest BCUT2D eigenvalue weighted by Gasteiger charge is 2.59. The first-order valence-corrected chi connectivity index (χ1v) is 43.4. The van der Waals surface area contributed by atoms with Crippen molar-refractivity contribution in [2.24, 2.45) is 52.1 Å². The molecule has 92 heavy (non-hydrogen) atoms. The number of hydrogen-bond acceptors (Lipinski definition) is 9. The summed E-state index contributed by atoms with van der Waals surface area (Å²) in [6, 6.07) is -0.521. The first-order chi connectivity index (χ1) is 44.9. The van der Waals surface area contributed by atoms with E-state index in [9.17, 15) is 9.59 Å². The van der Waals surface area contributed by atoms with Crippen molar-refractivity contribution < 1.29 is 9.59 Å². The number of amides is 2.